The second-order valence-corrected chi connectivity index (χ2v) is 7.77. The smallest absolute Gasteiger partial charge is 0.272 e. The average molecular weight is 423 g/mol. The van der Waals surface area contributed by atoms with E-state index >= 15 is 0 Å². The molecule has 4 rings (SSSR count). The topological polar surface area (TPSA) is 67.2 Å². The molecule has 0 unspecified atom stereocenters. The van der Waals surface area contributed by atoms with Gasteiger partial charge < -0.3 is 10.2 Å². The zero-order valence-electron chi connectivity index (χ0n) is 16.6. The molecule has 7 heteroatoms. The van der Waals surface area contributed by atoms with Crippen LogP contribution in [-0.2, 0) is 19.5 Å². The minimum absolute atomic E-state index is 0.119. The van der Waals surface area contributed by atoms with Crippen LogP contribution in [0.25, 0.3) is 0 Å². The molecular weight excluding hydrogens is 400 g/mol. The molecule has 1 aliphatic heterocycles. The Morgan fingerprint density at radius 3 is 2.57 bits per heavy atom. The average Bonchev–Trinajstić information content (AvgIpc) is 3.21. The Bertz CT molecular complexity index is 1030. The van der Waals surface area contributed by atoms with Crippen LogP contribution in [0.5, 0.6) is 0 Å². The zero-order chi connectivity index (χ0) is 20.9. The highest BCUT2D eigenvalue weighted by Crippen LogP contribution is 2.18. The Hall–Kier alpha value is -3.12. The molecule has 2 aromatic carbocycles. The molecule has 0 spiro atoms. The fraction of sp³-hybridized carbons (Fsp3) is 0.261. The number of amides is 2. The Morgan fingerprint density at radius 2 is 1.80 bits per heavy atom. The fourth-order valence-corrected chi connectivity index (χ4v) is 3.67. The summed E-state index contributed by atoms with van der Waals surface area (Å²) in [7, 11) is 0. The van der Waals surface area contributed by atoms with Gasteiger partial charge in [0.2, 0.25) is 0 Å². The van der Waals surface area contributed by atoms with Gasteiger partial charge in [-0.05, 0) is 36.1 Å². The summed E-state index contributed by atoms with van der Waals surface area (Å²) in [5, 5.41) is 7.90. The van der Waals surface area contributed by atoms with Crippen LogP contribution in [0, 0.1) is 0 Å². The van der Waals surface area contributed by atoms with Gasteiger partial charge in [0.05, 0.1) is 6.54 Å². The van der Waals surface area contributed by atoms with Crippen LogP contribution in [0.4, 0.5) is 0 Å². The number of aromatic nitrogens is 2. The van der Waals surface area contributed by atoms with Crippen molar-refractivity contribution in [1.82, 2.24) is 20.0 Å². The molecule has 0 atom stereocenters. The minimum atomic E-state index is -0.248. The van der Waals surface area contributed by atoms with Crippen molar-refractivity contribution in [1.29, 1.82) is 0 Å². The van der Waals surface area contributed by atoms with E-state index in [1.165, 1.54) is 5.56 Å². The van der Waals surface area contributed by atoms with Crippen molar-refractivity contribution in [2.45, 2.75) is 25.9 Å². The van der Waals surface area contributed by atoms with Crippen molar-refractivity contribution in [3.63, 3.8) is 0 Å². The van der Waals surface area contributed by atoms with Crippen LogP contribution in [0.3, 0.4) is 0 Å². The van der Waals surface area contributed by atoms with Crippen molar-refractivity contribution in [2.24, 2.45) is 0 Å². The normalized spacial score (nSPS) is 13.2. The third kappa shape index (κ3) is 4.71. The number of carbonyl (C=O) groups is 2. The van der Waals surface area contributed by atoms with Gasteiger partial charge in [0.1, 0.15) is 5.69 Å². The van der Waals surface area contributed by atoms with E-state index in [0.29, 0.717) is 36.9 Å². The van der Waals surface area contributed by atoms with E-state index in [1.54, 1.807) is 15.6 Å². The highest BCUT2D eigenvalue weighted by atomic mass is 35.5. The number of carbonyl (C=O) groups excluding carboxylic acids is 2. The summed E-state index contributed by atoms with van der Waals surface area (Å²) in [4.78, 5) is 27.1. The number of halogens is 1. The first-order valence-corrected chi connectivity index (χ1v) is 10.4. The van der Waals surface area contributed by atoms with Crippen LogP contribution in [0.15, 0.2) is 60.7 Å². The van der Waals surface area contributed by atoms with Gasteiger partial charge in [0.15, 0.2) is 5.69 Å². The molecule has 0 saturated carbocycles. The number of fused-ring (bicyclic) bond motifs is 1. The number of nitrogens with zero attached hydrogens (tertiary/aromatic N) is 3. The first-order chi connectivity index (χ1) is 14.6. The zero-order valence-corrected chi connectivity index (χ0v) is 17.3. The maximum absolute atomic E-state index is 12.8. The summed E-state index contributed by atoms with van der Waals surface area (Å²) in [6, 6.07) is 19.2. The molecule has 0 radical (unpaired) electrons. The van der Waals surface area contributed by atoms with Gasteiger partial charge >= 0.3 is 0 Å². The third-order valence-electron chi connectivity index (χ3n) is 5.16. The Morgan fingerprint density at radius 1 is 1.03 bits per heavy atom. The van der Waals surface area contributed by atoms with E-state index in [1.807, 2.05) is 42.5 Å². The van der Waals surface area contributed by atoms with Crippen molar-refractivity contribution in [2.75, 3.05) is 13.1 Å². The number of aryl methyl sites for hydroxylation is 1. The molecule has 0 bridgehead atoms. The van der Waals surface area contributed by atoms with Gasteiger partial charge in [-0.1, -0.05) is 54.1 Å². The third-order valence-corrected chi connectivity index (χ3v) is 5.41. The molecule has 6 nitrogen and oxygen atoms in total. The van der Waals surface area contributed by atoms with Gasteiger partial charge in [-0.15, -0.1) is 0 Å². The van der Waals surface area contributed by atoms with Gasteiger partial charge in [0.25, 0.3) is 11.8 Å². The summed E-state index contributed by atoms with van der Waals surface area (Å²) in [5.41, 5.74) is 2.99. The highest BCUT2D eigenvalue weighted by molar-refractivity contribution is 6.30. The Kier molecular flexibility index (Phi) is 6.14. The fourth-order valence-electron chi connectivity index (χ4n) is 3.54. The van der Waals surface area contributed by atoms with Gasteiger partial charge in [-0.2, -0.15) is 5.10 Å². The lowest BCUT2D eigenvalue weighted by Crippen LogP contribution is -2.39. The summed E-state index contributed by atoms with van der Waals surface area (Å²) in [6.07, 6.45) is 1.75. The second-order valence-electron chi connectivity index (χ2n) is 7.34. The van der Waals surface area contributed by atoms with Crippen LogP contribution in [-0.4, -0.2) is 39.6 Å². The molecule has 2 amide bonds. The van der Waals surface area contributed by atoms with Crippen molar-refractivity contribution in [3.05, 3.63) is 88.2 Å². The quantitative estimate of drug-likeness (QED) is 0.592. The molecule has 2 heterocycles. The van der Waals surface area contributed by atoms with Crippen LogP contribution >= 0.6 is 11.6 Å². The van der Waals surface area contributed by atoms with E-state index < -0.39 is 0 Å². The van der Waals surface area contributed by atoms with Crippen molar-refractivity contribution < 1.29 is 9.59 Å². The van der Waals surface area contributed by atoms with E-state index in [-0.39, 0.29) is 17.5 Å². The molecular formula is C23H23ClN4O2. The number of hydrogen-bond donors (Lipinski definition) is 1. The lowest BCUT2D eigenvalue weighted by molar-refractivity contribution is 0.0683. The monoisotopic (exact) mass is 422 g/mol. The molecule has 1 aromatic heterocycles. The van der Waals surface area contributed by atoms with E-state index in [0.717, 1.165) is 18.4 Å². The van der Waals surface area contributed by atoms with E-state index in [4.69, 9.17) is 11.6 Å². The van der Waals surface area contributed by atoms with Crippen LogP contribution < -0.4 is 5.32 Å². The van der Waals surface area contributed by atoms with Crippen LogP contribution in [0.2, 0.25) is 5.02 Å². The molecule has 0 aliphatic carbocycles. The molecule has 154 valence electrons. The Labute approximate surface area is 180 Å². The highest BCUT2D eigenvalue weighted by Gasteiger charge is 2.27. The van der Waals surface area contributed by atoms with Gasteiger partial charge in [-0.25, -0.2) is 0 Å². The van der Waals surface area contributed by atoms with Gasteiger partial charge in [0, 0.05) is 30.7 Å². The van der Waals surface area contributed by atoms with Crippen LogP contribution in [0.1, 0.15) is 38.5 Å². The number of nitrogens with one attached hydrogen (secondary N) is 1. The molecule has 30 heavy (non-hydrogen) atoms. The Balaban J connectivity index is 1.33. The predicted octanol–water partition coefficient (Wildman–Crippen LogP) is 3.56. The summed E-state index contributed by atoms with van der Waals surface area (Å²) in [6.45, 7) is 2.18. The maximum atomic E-state index is 12.8. The first-order valence-electron chi connectivity index (χ1n) is 10.0. The maximum Gasteiger partial charge on any atom is 0.272 e. The largest absolute Gasteiger partial charge is 0.351 e. The molecule has 1 N–H and O–H groups in total. The first kappa shape index (κ1) is 20.2. The SMILES string of the molecule is O=C(NCCCc1ccccc1)c1cc2n(n1)CCN(Cc1ccc(Cl)cc1)C2=O. The minimum Gasteiger partial charge on any atom is -0.351 e. The predicted molar refractivity (Wildman–Crippen MR) is 116 cm³/mol. The van der Waals surface area contributed by atoms with E-state index in [9.17, 15) is 9.59 Å². The number of benzene rings is 2. The van der Waals surface area contributed by atoms with Crippen molar-refractivity contribution >= 4 is 23.4 Å². The molecule has 0 fully saturated rings. The molecule has 0 saturated heterocycles. The summed E-state index contributed by atoms with van der Waals surface area (Å²) >= 11 is 5.93. The molecule has 3 aromatic rings. The van der Waals surface area contributed by atoms with Crippen molar-refractivity contribution in [3.8, 4) is 0 Å². The molecule has 1 aliphatic rings. The lowest BCUT2D eigenvalue weighted by Gasteiger charge is -2.27. The lowest BCUT2D eigenvalue weighted by atomic mass is 10.1. The van der Waals surface area contributed by atoms with Gasteiger partial charge in [-0.3, -0.25) is 14.3 Å². The number of hydrogen-bond acceptors (Lipinski definition) is 3. The summed E-state index contributed by atoms with van der Waals surface area (Å²) < 4.78 is 1.62. The number of rotatable bonds is 7. The second kappa shape index (κ2) is 9.13. The standard InChI is InChI=1S/C23H23ClN4O2/c24-19-10-8-18(9-11-19)16-27-13-14-28-21(23(27)30)15-20(26-28)22(29)25-12-4-7-17-5-2-1-3-6-17/h1-3,5-6,8-11,15H,4,7,12-14,16H2,(H,25,29). The van der Waals surface area contributed by atoms with E-state index in [2.05, 4.69) is 22.5 Å². The summed E-state index contributed by atoms with van der Waals surface area (Å²) in [5.74, 6) is -0.367.